The Kier molecular flexibility index (Phi) is 4.31. The van der Waals surface area contributed by atoms with Gasteiger partial charge >= 0.3 is 5.92 Å². The molecule has 2 aromatic carbocycles. The summed E-state index contributed by atoms with van der Waals surface area (Å²) in [6.07, 6.45) is 1.62. The van der Waals surface area contributed by atoms with E-state index in [1.807, 2.05) is 30.3 Å². The zero-order chi connectivity index (χ0) is 19.0. The van der Waals surface area contributed by atoms with Crippen LogP contribution in [0.5, 0.6) is 0 Å². The zero-order valence-corrected chi connectivity index (χ0v) is 14.5. The van der Waals surface area contributed by atoms with Crippen molar-refractivity contribution in [2.24, 2.45) is 0 Å². The molecule has 0 aliphatic heterocycles. The molecule has 4 rings (SSSR count). The van der Waals surface area contributed by atoms with Gasteiger partial charge < -0.3 is 0 Å². The van der Waals surface area contributed by atoms with Crippen LogP contribution in [0.25, 0.3) is 11.0 Å². The second kappa shape index (κ2) is 6.66. The maximum atomic E-state index is 14.7. The predicted molar refractivity (Wildman–Crippen MR) is 95.3 cm³/mol. The standard InChI is InChI=1S/C19H12ClF3N4/c20-16-15-11-27(10-12-4-2-1-3-5-12)26-17(15)25-18(24-16)19(22,23)13-6-8-14(21)9-7-13/h1-9,11H,10H2. The fourth-order valence-corrected chi connectivity index (χ4v) is 2.91. The van der Waals surface area contributed by atoms with E-state index in [4.69, 9.17) is 11.6 Å². The first-order chi connectivity index (χ1) is 12.9. The molecule has 4 nitrogen and oxygen atoms in total. The molecule has 0 saturated heterocycles. The number of hydrogen-bond acceptors (Lipinski definition) is 3. The van der Waals surface area contributed by atoms with Crippen molar-refractivity contribution in [2.75, 3.05) is 0 Å². The lowest BCUT2D eigenvalue weighted by Crippen LogP contribution is -2.19. The minimum Gasteiger partial charge on any atom is -0.265 e. The Hall–Kier alpha value is -2.93. The van der Waals surface area contributed by atoms with Gasteiger partial charge in [0.05, 0.1) is 11.9 Å². The van der Waals surface area contributed by atoms with Crippen LogP contribution in [-0.4, -0.2) is 19.7 Å². The molecule has 0 amide bonds. The van der Waals surface area contributed by atoms with Gasteiger partial charge in [-0.15, -0.1) is 0 Å². The lowest BCUT2D eigenvalue weighted by Gasteiger charge is -2.15. The summed E-state index contributed by atoms with van der Waals surface area (Å²) in [4.78, 5) is 7.65. The monoisotopic (exact) mass is 388 g/mol. The van der Waals surface area contributed by atoms with Crippen LogP contribution in [0.15, 0.2) is 60.8 Å². The van der Waals surface area contributed by atoms with Gasteiger partial charge in [0, 0.05) is 11.8 Å². The van der Waals surface area contributed by atoms with Crippen molar-refractivity contribution in [2.45, 2.75) is 12.5 Å². The van der Waals surface area contributed by atoms with Crippen molar-refractivity contribution in [3.8, 4) is 0 Å². The van der Waals surface area contributed by atoms with Crippen molar-refractivity contribution in [1.29, 1.82) is 0 Å². The summed E-state index contributed by atoms with van der Waals surface area (Å²) >= 11 is 6.10. The van der Waals surface area contributed by atoms with Gasteiger partial charge in [-0.3, -0.25) is 4.68 Å². The molecule has 2 aromatic heterocycles. The Morgan fingerprint density at radius 3 is 2.37 bits per heavy atom. The van der Waals surface area contributed by atoms with Gasteiger partial charge in [-0.05, 0) is 29.8 Å². The summed E-state index contributed by atoms with van der Waals surface area (Å²) in [5.41, 5.74) is 0.636. The van der Waals surface area contributed by atoms with Gasteiger partial charge in [0.25, 0.3) is 0 Å². The molecule has 0 fully saturated rings. The molecule has 0 radical (unpaired) electrons. The molecular weight excluding hydrogens is 377 g/mol. The van der Waals surface area contributed by atoms with Crippen LogP contribution in [0.1, 0.15) is 17.0 Å². The Morgan fingerprint density at radius 1 is 0.963 bits per heavy atom. The van der Waals surface area contributed by atoms with E-state index in [9.17, 15) is 13.2 Å². The normalized spacial score (nSPS) is 11.9. The van der Waals surface area contributed by atoms with Gasteiger partial charge in [-0.1, -0.05) is 41.9 Å². The fraction of sp³-hybridized carbons (Fsp3) is 0.105. The number of nitrogens with zero attached hydrogens (tertiary/aromatic N) is 4. The highest BCUT2D eigenvalue weighted by atomic mass is 35.5. The lowest BCUT2D eigenvalue weighted by atomic mass is 10.1. The van der Waals surface area contributed by atoms with Crippen LogP contribution in [0.2, 0.25) is 5.15 Å². The van der Waals surface area contributed by atoms with Gasteiger partial charge in [-0.2, -0.15) is 13.9 Å². The van der Waals surface area contributed by atoms with E-state index in [2.05, 4.69) is 15.1 Å². The highest BCUT2D eigenvalue weighted by Crippen LogP contribution is 2.35. The molecule has 2 heterocycles. The zero-order valence-electron chi connectivity index (χ0n) is 13.8. The second-order valence-electron chi connectivity index (χ2n) is 5.97. The third kappa shape index (κ3) is 3.38. The number of halogens is 4. The third-order valence-corrected chi connectivity index (χ3v) is 4.34. The molecule has 4 aromatic rings. The van der Waals surface area contributed by atoms with Crippen LogP contribution >= 0.6 is 11.6 Å². The Labute approximate surface area is 157 Å². The first kappa shape index (κ1) is 17.5. The highest BCUT2D eigenvalue weighted by molar-refractivity contribution is 6.33. The van der Waals surface area contributed by atoms with Crippen molar-refractivity contribution < 1.29 is 13.2 Å². The van der Waals surface area contributed by atoms with Crippen molar-refractivity contribution in [3.63, 3.8) is 0 Å². The van der Waals surface area contributed by atoms with Gasteiger partial charge in [-0.25, -0.2) is 14.4 Å². The maximum Gasteiger partial charge on any atom is 0.331 e. The minimum atomic E-state index is -3.53. The smallest absolute Gasteiger partial charge is 0.265 e. The molecule has 27 heavy (non-hydrogen) atoms. The van der Waals surface area contributed by atoms with E-state index in [1.54, 1.807) is 10.9 Å². The Morgan fingerprint density at radius 2 is 1.67 bits per heavy atom. The lowest BCUT2D eigenvalue weighted by molar-refractivity contribution is 0.0331. The molecule has 0 unspecified atom stereocenters. The number of fused-ring (bicyclic) bond motifs is 1. The Bertz CT molecular complexity index is 1100. The molecule has 0 atom stereocenters. The highest BCUT2D eigenvalue weighted by Gasteiger charge is 2.38. The molecule has 0 spiro atoms. The molecule has 0 aliphatic rings. The van der Waals surface area contributed by atoms with E-state index in [1.165, 1.54) is 0 Å². The molecule has 0 saturated carbocycles. The SMILES string of the molecule is Fc1ccc(C(F)(F)c2nc(Cl)c3cn(Cc4ccccc4)nc3n2)cc1. The third-order valence-electron chi connectivity index (χ3n) is 4.06. The van der Waals surface area contributed by atoms with Crippen molar-refractivity contribution in [1.82, 2.24) is 19.7 Å². The molecular formula is C19H12ClF3N4. The molecule has 0 bridgehead atoms. The second-order valence-corrected chi connectivity index (χ2v) is 6.33. The summed E-state index contributed by atoms with van der Waals surface area (Å²) in [7, 11) is 0. The van der Waals surface area contributed by atoms with E-state index in [-0.39, 0.29) is 10.8 Å². The van der Waals surface area contributed by atoms with Crippen LogP contribution in [0, 0.1) is 5.82 Å². The first-order valence-electron chi connectivity index (χ1n) is 8.02. The molecule has 136 valence electrons. The molecule has 0 aliphatic carbocycles. The number of benzene rings is 2. The summed E-state index contributed by atoms with van der Waals surface area (Å²) in [5.74, 6) is -4.92. The van der Waals surface area contributed by atoms with Gasteiger partial charge in [0.15, 0.2) is 5.65 Å². The number of alkyl halides is 2. The van der Waals surface area contributed by atoms with Crippen molar-refractivity contribution >= 4 is 22.6 Å². The van der Waals surface area contributed by atoms with E-state index >= 15 is 0 Å². The van der Waals surface area contributed by atoms with Crippen molar-refractivity contribution in [3.05, 3.63) is 88.7 Å². The summed E-state index contributed by atoms with van der Waals surface area (Å²) in [5, 5.41) is 4.50. The van der Waals surface area contributed by atoms with E-state index in [0.717, 1.165) is 29.8 Å². The first-order valence-corrected chi connectivity index (χ1v) is 8.40. The molecule has 0 N–H and O–H groups in total. The average molecular weight is 389 g/mol. The quantitative estimate of drug-likeness (QED) is 0.471. The van der Waals surface area contributed by atoms with E-state index in [0.29, 0.717) is 11.9 Å². The van der Waals surface area contributed by atoms with Crippen LogP contribution < -0.4 is 0 Å². The maximum absolute atomic E-state index is 14.7. The summed E-state index contributed by atoms with van der Waals surface area (Å²) in [6.45, 7) is 0.442. The number of hydrogen-bond donors (Lipinski definition) is 0. The largest absolute Gasteiger partial charge is 0.331 e. The van der Waals surface area contributed by atoms with Gasteiger partial charge in [0.2, 0.25) is 5.82 Å². The van der Waals surface area contributed by atoms with Gasteiger partial charge in [0.1, 0.15) is 11.0 Å². The predicted octanol–water partition coefficient (Wildman–Crippen LogP) is 4.81. The number of aromatic nitrogens is 4. The Balaban J connectivity index is 1.73. The molecule has 8 heteroatoms. The topological polar surface area (TPSA) is 43.6 Å². The van der Waals surface area contributed by atoms with E-state index < -0.39 is 23.1 Å². The number of rotatable bonds is 4. The summed E-state index contributed by atoms with van der Waals surface area (Å²) in [6, 6.07) is 13.4. The average Bonchev–Trinajstić information content (AvgIpc) is 3.06. The van der Waals surface area contributed by atoms with Crippen LogP contribution in [0.4, 0.5) is 13.2 Å². The van der Waals surface area contributed by atoms with Crippen LogP contribution in [-0.2, 0) is 12.5 Å². The fourth-order valence-electron chi connectivity index (χ4n) is 2.70. The summed E-state index contributed by atoms with van der Waals surface area (Å²) < 4.78 is 44.1. The van der Waals surface area contributed by atoms with Crippen LogP contribution in [0.3, 0.4) is 0 Å². The minimum absolute atomic E-state index is 0.0720.